The van der Waals surface area contributed by atoms with Crippen LogP contribution in [0.2, 0.25) is 0 Å². The maximum atomic E-state index is 11.2. The van der Waals surface area contributed by atoms with E-state index in [-0.39, 0.29) is 18.5 Å². The van der Waals surface area contributed by atoms with Crippen molar-refractivity contribution < 1.29 is 14.6 Å². The van der Waals surface area contributed by atoms with Crippen LogP contribution in [0.25, 0.3) is 0 Å². The van der Waals surface area contributed by atoms with Gasteiger partial charge in [0.1, 0.15) is 0 Å². The van der Waals surface area contributed by atoms with E-state index in [2.05, 4.69) is 4.74 Å². The maximum Gasteiger partial charge on any atom is 0.308 e. The fourth-order valence-corrected chi connectivity index (χ4v) is 2.01. The zero-order chi connectivity index (χ0) is 9.14. The third-order valence-electron chi connectivity index (χ3n) is 2.74. The molecular weight excluding hydrogens is 156 g/mol. The van der Waals surface area contributed by atoms with Gasteiger partial charge in [0.05, 0.1) is 13.0 Å². The smallest absolute Gasteiger partial charge is 0.308 e. The molecule has 1 saturated carbocycles. The van der Waals surface area contributed by atoms with Gasteiger partial charge in [0.15, 0.2) is 0 Å². The molecule has 3 heteroatoms. The molecule has 0 unspecified atom stereocenters. The summed E-state index contributed by atoms with van der Waals surface area (Å²) in [6.07, 6.45) is 1.72. The van der Waals surface area contributed by atoms with Crippen LogP contribution in [-0.4, -0.2) is 24.8 Å². The average molecular weight is 172 g/mol. The lowest BCUT2D eigenvalue weighted by Gasteiger charge is -2.11. The standard InChI is InChI=1S/C9H16O3/c1-6-3-7(5-10)4-8(6)9(11)12-2/h6-8,10H,3-5H2,1-2H3/t6-,7+,8-/m1/s1. The fourth-order valence-electron chi connectivity index (χ4n) is 2.01. The van der Waals surface area contributed by atoms with Crippen molar-refractivity contribution in [1.82, 2.24) is 0 Å². The number of rotatable bonds is 2. The van der Waals surface area contributed by atoms with Crippen molar-refractivity contribution in [2.45, 2.75) is 19.8 Å². The van der Waals surface area contributed by atoms with E-state index in [0.29, 0.717) is 11.8 Å². The Morgan fingerprint density at radius 3 is 2.67 bits per heavy atom. The first-order valence-corrected chi connectivity index (χ1v) is 4.37. The van der Waals surface area contributed by atoms with E-state index in [1.165, 1.54) is 7.11 Å². The van der Waals surface area contributed by atoms with E-state index < -0.39 is 0 Å². The predicted molar refractivity (Wildman–Crippen MR) is 44.5 cm³/mol. The van der Waals surface area contributed by atoms with Gasteiger partial charge in [-0.15, -0.1) is 0 Å². The first-order valence-electron chi connectivity index (χ1n) is 4.37. The molecule has 0 aromatic rings. The van der Waals surface area contributed by atoms with Crippen LogP contribution in [-0.2, 0) is 9.53 Å². The summed E-state index contributed by atoms with van der Waals surface area (Å²) in [5, 5.41) is 8.90. The molecule has 1 aliphatic rings. The highest BCUT2D eigenvalue weighted by Crippen LogP contribution is 2.36. The second-order valence-corrected chi connectivity index (χ2v) is 3.63. The minimum atomic E-state index is -0.126. The molecule has 1 fully saturated rings. The second-order valence-electron chi connectivity index (χ2n) is 3.63. The summed E-state index contributed by atoms with van der Waals surface area (Å²) in [4.78, 5) is 11.2. The molecule has 0 aliphatic heterocycles. The molecule has 0 bridgehead atoms. The minimum absolute atomic E-state index is 0.00662. The SMILES string of the molecule is COC(=O)[C@@H]1C[C@@H](CO)C[C@H]1C. The van der Waals surface area contributed by atoms with Crippen LogP contribution in [0.15, 0.2) is 0 Å². The van der Waals surface area contributed by atoms with Gasteiger partial charge < -0.3 is 9.84 Å². The van der Waals surface area contributed by atoms with Crippen molar-refractivity contribution in [2.75, 3.05) is 13.7 Å². The van der Waals surface area contributed by atoms with E-state index in [9.17, 15) is 4.79 Å². The molecule has 0 amide bonds. The Balaban J connectivity index is 2.51. The van der Waals surface area contributed by atoms with Gasteiger partial charge in [-0.3, -0.25) is 4.79 Å². The molecular formula is C9H16O3. The van der Waals surface area contributed by atoms with E-state index >= 15 is 0 Å². The summed E-state index contributed by atoms with van der Waals surface area (Å²) in [5.41, 5.74) is 0. The Morgan fingerprint density at radius 1 is 1.58 bits per heavy atom. The molecule has 1 N–H and O–H groups in total. The molecule has 3 nitrogen and oxygen atoms in total. The van der Waals surface area contributed by atoms with Crippen LogP contribution in [0.3, 0.4) is 0 Å². The fraction of sp³-hybridized carbons (Fsp3) is 0.889. The van der Waals surface area contributed by atoms with Crippen molar-refractivity contribution in [3.05, 3.63) is 0 Å². The van der Waals surface area contributed by atoms with Crippen LogP contribution >= 0.6 is 0 Å². The number of hydrogen-bond donors (Lipinski definition) is 1. The molecule has 0 saturated heterocycles. The van der Waals surface area contributed by atoms with Crippen LogP contribution in [0, 0.1) is 17.8 Å². The summed E-state index contributed by atoms with van der Waals surface area (Å²) in [7, 11) is 1.42. The lowest BCUT2D eigenvalue weighted by atomic mass is 9.99. The van der Waals surface area contributed by atoms with Crippen molar-refractivity contribution in [1.29, 1.82) is 0 Å². The number of aliphatic hydroxyl groups excluding tert-OH is 1. The molecule has 0 heterocycles. The molecule has 0 radical (unpaired) electrons. The lowest BCUT2D eigenvalue weighted by molar-refractivity contribution is -0.146. The molecule has 1 aliphatic carbocycles. The number of carbonyl (C=O) groups is 1. The van der Waals surface area contributed by atoms with Crippen molar-refractivity contribution >= 4 is 5.97 Å². The average Bonchev–Trinajstić information content (AvgIpc) is 2.45. The van der Waals surface area contributed by atoms with Gasteiger partial charge in [0, 0.05) is 6.61 Å². The first-order chi connectivity index (χ1) is 5.69. The molecule has 0 aromatic heterocycles. The van der Waals surface area contributed by atoms with Gasteiger partial charge in [-0.05, 0) is 24.7 Å². The predicted octanol–water partition coefficient (Wildman–Crippen LogP) is 0.814. The number of methoxy groups -OCH3 is 1. The number of hydrogen-bond acceptors (Lipinski definition) is 3. The summed E-state index contributed by atoms with van der Waals surface area (Å²) >= 11 is 0. The number of ether oxygens (including phenoxy) is 1. The number of carbonyl (C=O) groups excluding carboxylic acids is 1. The van der Waals surface area contributed by atoms with Gasteiger partial charge in [0.2, 0.25) is 0 Å². The molecule has 1 rings (SSSR count). The van der Waals surface area contributed by atoms with Gasteiger partial charge in [0.25, 0.3) is 0 Å². The maximum absolute atomic E-state index is 11.2. The van der Waals surface area contributed by atoms with Crippen LogP contribution in [0.1, 0.15) is 19.8 Å². The Bertz CT molecular complexity index is 167. The third-order valence-corrected chi connectivity index (χ3v) is 2.74. The van der Waals surface area contributed by atoms with Crippen LogP contribution in [0.5, 0.6) is 0 Å². The molecule has 0 spiro atoms. The monoisotopic (exact) mass is 172 g/mol. The van der Waals surface area contributed by atoms with Gasteiger partial charge >= 0.3 is 5.97 Å². The van der Waals surface area contributed by atoms with Crippen molar-refractivity contribution in [3.8, 4) is 0 Å². The van der Waals surface area contributed by atoms with E-state index in [1.807, 2.05) is 6.92 Å². The van der Waals surface area contributed by atoms with Gasteiger partial charge in [-0.1, -0.05) is 6.92 Å². The highest BCUT2D eigenvalue weighted by atomic mass is 16.5. The van der Waals surface area contributed by atoms with Gasteiger partial charge in [-0.25, -0.2) is 0 Å². The topological polar surface area (TPSA) is 46.5 Å². The normalized spacial score (nSPS) is 35.1. The lowest BCUT2D eigenvalue weighted by Crippen LogP contribution is -2.18. The Kier molecular flexibility index (Phi) is 3.09. The number of aliphatic hydroxyl groups is 1. The first kappa shape index (κ1) is 9.52. The van der Waals surface area contributed by atoms with Gasteiger partial charge in [-0.2, -0.15) is 0 Å². The summed E-state index contributed by atoms with van der Waals surface area (Å²) in [5.74, 6) is 0.532. The molecule has 0 aromatic carbocycles. The summed E-state index contributed by atoms with van der Waals surface area (Å²) < 4.78 is 4.68. The highest BCUT2D eigenvalue weighted by Gasteiger charge is 2.36. The van der Waals surface area contributed by atoms with Crippen LogP contribution in [0.4, 0.5) is 0 Å². The highest BCUT2D eigenvalue weighted by molar-refractivity contribution is 5.72. The van der Waals surface area contributed by atoms with E-state index in [4.69, 9.17) is 5.11 Å². The van der Waals surface area contributed by atoms with Crippen molar-refractivity contribution in [3.63, 3.8) is 0 Å². The number of esters is 1. The van der Waals surface area contributed by atoms with E-state index in [1.54, 1.807) is 0 Å². The Labute approximate surface area is 72.7 Å². The third kappa shape index (κ3) is 1.78. The quantitative estimate of drug-likeness (QED) is 0.627. The molecule has 12 heavy (non-hydrogen) atoms. The Morgan fingerprint density at radius 2 is 2.25 bits per heavy atom. The summed E-state index contributed by atoms with van der Waals surface area (Å²) in [6.45, 7) is 2.23. The summed E-state index contributed by atoms with van der Waals surface area (Å²) in [6, 6.07) is 0. The zero-order valence-corrected chi connectivity index (χ0v) is 7.62. The minimum Gasteiger partial charge on any atom is -0.469 e. The molecule has 70 valence electrons. The Hall–Kier alpha value is -0.570. The molecule has 3 atom stereocenters. The largest absolute Gasteiger partial charge is 0.469 e. The van der Waals surface area contributed by atoms with Crippen LogP contribution < -0.4 is 0 Å². The second kappa shape index (κ2) is 3.90. The van der Waals surface area contributed by atoms with Crippen molar-refractivity contribution in [2.24, 2.45) is 17.8 Å². The van der Waals surface area contributed by atoms with E-state index in [0.717, 1.165) is 12.8 Å². The zero-order valence-electron chi connectivity index (χ0n) is 7.62.